The molecule has 0 bridgehead atoms. The second-order valence-corrected chi connectivity index (χ2v) is 4.90. The van der Waals surface area contributed by atoms with Crippen LogP contribution in [0.2, 0.25) is 0 Å². The van der Waals surface area contributed by atoms with Crippen LogP contribution in [-0.4, -0.2) is 5.78 Å². The summed E-state index contributed by atoms with van der Waals surface area (Å²) in [4.78, 5) is 11.4. The highest BCUT2D eigenvalue weighted by Gasteiger charge is 2.33. The zero-order chi connectivity index (χ0) is 11.0. The smallest absolute Gasteiger partial charge is 0.140 e. The molecule has 0 amide bonds. The third kappa shape index (κ3) is 1.85. The van der Waals surface area contributed by atoms with E-state index in [4.69, 9.17) is 0 Å². The monoisotopic (exact) mass is 270 g/mol. The lowest BCUT2D eigenvalue weighted by molar-refractivity contribution is -0.120. The van der Waals surface area contributed by atoms with Gasteiger partial charge in [-0.15, -0.1) is 0 Å². The lowest BCUT2D eigenvalue weighted by Gasteiger charge is -2.15. The Morgan fingerprint density at radius 2 is 2.20 bits per heavy atom. The molecule has 15 heavy (non-hydrogen) atoms. The first kappa shape index (κ1) is 10.8. The highest BCUT2D eigenvalue weighted by Crippen LogP contribution is 2.39. The molecule has 2 rings (SSSR count). The van der Waals surface area contributed by atoms with Crippen molar-refractivity contribution in [3.63, 3.8) is 0 Å². The van der Waals surface area contributed by atoms with Gasteiger partial charge in [0.25, 0.3) is 0 Å². The topological polar surface area (TPSA) is 17.1 Å². The molecule has 1 aliphatic rings. The van der Waals surface area contributed by atoms with Gasteiger partial charge < -0.3 is 0 Å². The predicted octanol–water partition coefficient (Wildman–Crippen LogP) is 3.67. The number of Topliss-reactive ketones (excluding diaryl/α,β-unsaturated/α-hetero) is 1. The molecule has 0 heterocycles. The third-order valence-corrected chi connectivity index (χ3v) is 3.81. The van der Waals surface area contributed by atoms with Crippen molar-refractivity contribution in [3.05, 3.63) is 34.1 Å². The molecule has 2 unspecified atom stereocenters. The summed E-state index contributed by atoms with van der Waals surface area (Å²) in [5.74, 6) is 0.0345. The fraction of sp³-hybridized carbons (Fsp3) is 0.417. The summed E-state index contributed by atoms with van der Waals surface area (Å²) in [6.45, 7) is 1.89. The summed E-state index contributed by atoms with van der Waals surface area (Å²) < 4.78 is 14.3. The maximum atomic E-state index is 13.8. The number of hydrogen-bond donors (Lipinski definition) is 0. The van der Waals surface area contributed by atoms with Gasteiger partial charge in [-0.25, -0.2) is 4.39 Å². The molecule has 1 nitrogen and oxygen atoms in total. The van der Waals surface area contributed by atoms with E-state index in [0.29, 0.717) is 16.5 Å². The average Bonchev–Trinajstić information content (AvgIpc) is 2.53. The standard InChI is InChI=1S/C12H12BrFO/c1-7-8(5-6-11(7)15)9-3-2-4-10(13)12(9)14/h2-4,7-8H,5-6H2,1H3. The number of carbonyl (C=O) groups excluding carboxylic acids is 1. The lowest BCUT2D eigenvalue weighted by atomic mass is 9.90. The molecule has 1 aromatic carbocycles. The molecule has 80 valence electrons. The van der Waals surface area contributed by atoms with Gasteiger partial charge in [-0.3, -0.25) is 4.79 Å². The van der Waals surface area contributed by atoms with E-state index < -0.39 is 0 Å². The van der Waals surface area contributed by atoms with Gasteiger partial charge in [0.15, 0.2) is 0 Å². The van der Waals surface area contributed by atoms with Crippen molar-refractivity contribution in [2.24, 2.45) is 5.92 Å². The van der Waals surface area contributed by atoms with Gasteiger partial charge in [0.05, 0.1) is 4.47 Å². The molecule has 0 radical (unpaired) electrons. The van der Waals surface area contributed by atoms with Crippen LogP contribution in [0.3, 0.4) is 0 Å². The van der Waals surface area contributed by atoms with Crippen molar-refractivity contribution in [2.45, 2.75) is 25.7 Å². The molecule has 0 aliphatic heterocycles. The lowest BCUT2D eigenvalue weighted by Crippen LogP contribution is -2.10. The SMILES string of the molecule is CC1C(=O)CCC1c1cccc(Br)c1F. The maximum Gasteiger partial charge on any atom is 0.140 e. The highest BCUT2D eigenvalue weighted by molar-refractivity contribution is 9.10. The average molecular weight is 271 g/mol. The predicted molar refractivity (Wildman–Crippen MR) is 60.2 cm³/mol. The Morgan fingerprint density at radius 1 is 1.47 bits per heavy atom. The van der Waals surface area contributed by atoms with E-state index in [9.17, 15) is 9.18 Å². The summed E-state index contributed by atoms with van der Waals surface area (Å²) in [5.41, 5.74) is 0.669. The minimum absolute atomic E-state index is 0.0474. The van der Waals surface area contributed by atoms with E-state index in [1.807, 2.05) is 13.0 Å². The number of halogens is 2. The van der Waals surface area contributed by atoms with Crippen molar-refractivity contribution >= 4 is 21.7 Å². The minimum atomic E-state index is -0.218. The van der Waals surface area contributed by atoms with Crippen LogP contribution < -0.4 is 0 Å². The summed E-state index contributed by atoms with van der Waals surface area (Å²) >= 11 is 3.17. The molecular weight excluding hydrogens is 259 g/mol. The Morgan fingerprint density at radius 3 is 2.80 bits per heavy atom. The van der Waals surface area contributed by atoms with Gasteiger partial charge in [-0.1, -0.05) is 19.1 Å². The number of rotatable bonds is 1. The highest BCUT2D eigenvalue weighted by atomic mass is 79.9. The molecular formula is C12H12BrFO. The zero-order valence-electron chi connectivity index (χ0n) is 8.47. The Hall–Kier alpha value is -0.700. The van der Waals surface area contributed by atoms with Crippen LogP contribution in [-0.2, 0) is 4.79 Å². The second kappa shape index (κ2) is 4.05. The quantitative estimate of drug-likeness (QED) is 0.761. The van der Waals surface area contributed by atoms with Crippen molar-refractivity contribution < 1.29 is 9.18 Å². The van der Waals surface area contributed by atoms with Crippen molar-refractivity contribution in [1.82, 2.24) is 0 Å². The summed E-state index contributed by atoms with van der Waals surface area (Å²) in [6.07, 6.45) is 1.35. The molecule has 0 spiro atoms. The van der Waals surface area contributed by atoms with Gasteiger partial charge in [0, 0.05) is 12.3 Å². The van der Waals surface area contributed by atoms with E-state index in [1.54, 1.807) is 12.1 Å². The molecule has 1 saturated carbocycles. The summed E-state index contributed by atoms with van der Waals surface area (Å²) in [7, 11) is 0. The van der Waals surface area contributed by atoms with Crippen LogP contribution in [0.5, 0.6) is 0 Å². The maximum absolute atomic E-state index is 13.8. The second-order valence-electron chi connectivity index (χ2n) is 4.04. The zero-order valence-corrected chi connectivity index (χ0v) is 10.1. The molecule has 0 N–H and O–H groups in total. The van der Waals surface area contributed by atoms with Crippen LogP contribution in [0.1, 0.15) is 31.2 Å². The van der Waals surface area contributed by atoms with Crippen molar-refractivity contribution in [3.8, 4) is 0 Å². The number of benzene rings is 1. The van der Waals surface area contributed by atoms with Crippen LogP contribution >= 0.6 is 15.9 Å². The molecule has 2 atom stereocenters. The first-order valence-electron chi connectivity index (χ1n) is 5.08. The Balaban J connectivity index is 2.38. The number of hydrogen-bond acceptors (Lipinski definition) is 1. The summed E-state index contributed by atoms with van der Waals surface area (Å²) in [6, 6.07) is 5.28. The minimum Gasteiger partial charge on any atom is -0.299 e. The van der Waals surface area contributed by atoms with Gasteiger partial charge in [-0.05, 0) is 39.9 Å². The first-order chi connectivity index (χ1) is 7.11. The normalized spacial score (nSPS) is 25.9. The van der Waals surface area contributed by atoms with Gasteiger partial charge in [0.1, 0.15) is 11.6 Å². The fourth-order valence-corrected chi connectivity index (χ4v) is 2.61. The third-order valence-electron chi connectivity index (χ3n) is 3.19. The van der Waals surface area contributed by atoms with Crippen LogP contribution in [0, 0.1) is 11.7 Å². The summed E-state index contributed by atoms with van der Waals surface area (Å²) in [5, 5.41) is 0. The Labute approximate surface area is 96.8 Å². The molecule has 3 heteroatoms. The molecule has 0 aromatic heterocycles. The van der Waals surface area contributed by atoms with Gasteiger partial charge in [0.2, 0.25) is 0 Å². The number of ketones is 1. The Kier molecular flexibility index (Phi) is 2.91. The van der Waals surface area contributed by atoms with Gasteiger partial charge in [-0.2, -0.15) is 0 Å². The van der Waals surface area contributed by atoms with Crippen molar-refractivity contribution in [2.75, 3.05) is 0 Å². The molecule has 1 aromatic rings. The Bertz CT molecular complexity index is 403. The van der Waals surface area contributed by atoms with E-state index in [0.717, 1.165) is 6.42 Å². The molecule has 1 fully saturated rings. The fourth-order valence-electron chi connectivity index (χ4n) is 2.23. The molecule has 1 aliphatic carbocycles. The van der Waals surface area contributed by atoms with Crippen LogP contribution in [0.15, 0.2) is 22.7 Å². The largest absolute Gasteiger partial charge is 0.299 e. The van der Waals surface area contributed by atoms with E-state index in [-0.39, 0.29) is 23.4 Å². The van der Waals surface area contributed by atoms with Crippen LogP contribution in [0.4, 0.5) is 4.39 Å². The number of carbonyl (C=O) groups is 1. The van der Waals surface area contributed by atoms with Gasteiger partial charge >= 0.3 is 0 Å². The van der Waals surface area contributed by atoms with Crippen molar-refractivity contribution in [1.29, 1.82) is 0 Å². The van der Waals surface area contributed by atoms with Crippen LogP contribution in [0.25, 0.3) is 0 Å². The first-order valence-corrected chi connectivity index (χ1v) is 5.87. The van der Waals surface area contributed by atoms with E-state index in [1.165, 1.54) is 0 Å². The van der Waals surface area contributed by atoms with E-state index >= 15 is 0 Å². The van der Waals surface area contributed by atoms with E-state index in [2.05, 4.69) is 15.9 Å². The molecule has 0 saturated heterocycles.